The zero-order chi connectivity index (χ0) is 22.1. The van der Waals surface area contributed by atoms with Gasteiger partial charge in [0, 0.05) is 10.6 Å². The van der Waals surface area contributed by atoms with Gasteiger partial charge in [0.15, 0.2) is 11.5 Å². The number of carbonyl (C=O) groups is 2. The molecule has 1 unspecified atom stereocenters. The minimum atomic E-state index is -0.392. The number of ether oxygens (including phenoxy) is 1. The molecule has 5 rings (SSSR count). The predicted octanol–water partition coefficient (Wildman–Crippen LogP) is 5.52. The number of rotatable bonds is 3. The van der Waals surface area contributed by atoms with Crippen LogP contribution in [-0.2, 0) is 11.2 Å². The fourth-order valence-electron chi connectivity index (χ4n) is 4.18. The van der Waals surface area contributed by atoms with Gasteiger partial charge >= 0.3 is 0 Å². The lowest BCUT2D eigenvalue weighted by molar-refractivity contribution is -0.115. The van der Waals surface area contributed by atoms with Crippen molar-refractivity contribution in [3.05, 3.63) is 99.8 Å². The Balaban J connectivity index is 1.35. The summed E-state index contributed by atoms with van der Waals surface area (Å²) in [4.78, 5) is 25.5. The third-order valence-electron chi connectivity index (χ3n) is 5.80. The molecule has 0 saturated heterocycles. The van der Waals surface area contributed by atoms with Crippen LogP contribution in [0, 0.1) is 0 Å². The third-order valence-corrected chi connectivity index (χ3v) is 6.14. The van der Waals surface area contributed by atoms with Crippen molar-refractivity contribution < 1.29 is 14.3 Å². The molecule has 2 aliphatic rings. The number of halogens is 1. The van der Waals surface area contributed by atoms with Crippen LogP contribution in [0.4, 0.5) is 5.69 Å². The lowest BCUT2D eigenvalue weighted by Crippen LogP contribution is -2.31. The molecule has 1 atom stereocenters. The Hall–Kier alpha value is -3.57. The van der Waals surface area contributed by atoms with E-state index < -0.39 is 5.91 Å². The van der Waals surface area contributed by atoms with Gasteiger partial charge in [-0.15, -0.1) is 0 Å². The van der Waals surface area contributed by atoms with Crippen molar-refractivity contribution in [2.45, 2.75) is 25.3 Å². The highest BCUT2D eigenvalue weighted by Crippen LogP contribution is 2.34. The monoisotopic (exact) mass is 444 g/mol. The number of amides is 2. The molecule has 6 heteroatoms. The van der Waals surface area contributed by atoms with E-state index in [0.717, 1.165) is 19.3 Å². The standard InChI is InChI=1S/C26H21ClN2O3/c27-20-10-4-2-7-17(20)15-24-26(31)29-22-14-18(12-13-23(22)32-24)25(30)28-21-11-5-8-16-6-1-3-9-19(16)21/h1-4,6-7,9-10,12-15,21H,5,8,11H2,(H,28,30)(H,29,31)/b24-15+. The predicted molar refractivity (Wildman–Crippen MR) is 125 cm³/mol. The van der Waals surface area contributed by atoms with Gasteiger partial charge in [0.2, 0.25) is 0 Å². The number of benzene rings is 3. The molecule has 160 valence electrons. The van der Waals surface area contributed by atoms with E-state index in [1.807, 2.05) is 24.3 Å². The number of hydrogen-bond acceptors (Lipinski definition) is 3. The average molecular weight is 445 g/mol. The van der Waals surface area contributed by atoms with Crippen LogP contribution in [0.15, 0.2) is 72.5 Å². The lowest BCUT2D eigenvalue weighted by atomic mass is 9.87. The van der Waals surface area contributed by atoms with Gasteiger partial charge in [0.05, 0.1) is 11.7 Å². The fourth-order valence-corrected chi connectivity index (χ4v) is 4.37. The molecule has 1 aliphatic carbocycles. The van der Waals surface area contributed by atoms with Crippen LogP contribution in [-0.4, -0.2) is 11.8 Å². The molecule has 2 amide bonds. The molecular weight excluding hydrogens is 424 g/mol. The molecule has 3 aromatic rings. The Bertz CT molecular complexity index is 1250. The van der Waals surface area contributed by atoms with Gasteiger partial charge in [-0.1, -0.05) is 54.1 Å². The minimum Gasteiger partial charge on any atom is -0.449 e. The first kappa shape index (κ1) is 20.3. The van der Waals surface area contributed by atoms with Crippen molar-refractivity contribution in [2.75, 3.05) is 5.32 Å². The Morgan fingerprint density at radius 2 is 1.91 bits per heavy atom. The fraction of sp³-hybridized carbons (Fsp3) is 0.154. The molecular formula is C26H21ClN2O3. The summed E-state index contributed by atoms with van der Waals surface area (Å²) in [6, 6.07) is 20.5. The minimum absolute atomic E-state index is 0.0144. The molecule has 0 spiro atoms. The number of aryl methyl sites for hydroxylation is 1. The number of nitrogens with one attached hydrogen (secondary N) is 2. The largest absolute Gasteiger partial charge is 0.449 e. The van der Waals surface area contributed by atoms with Crippen molar-refractivity contribution in [1.82, 2.24) is 5.32 Å². The first-order valence-electron chi connectivity index (χ1n) is 10.6. The third kappa shape index (κ3) is 3.99. The molecule has 0 bridgehead atoms. The van der Waals surface area contributed by atoms with E-state index >= 15 is 0 Å². The molecule has 0 aromatic heterocycles. The Kier molecular flexibility index (Phi) is 5.41. The summed E-state index contributed by atoms with van der Waals surface area (Å²) in [5, 5.41) is 6.47. The molecule has 2 N–H and O–H groups in total. The van der Waals surface area contributed by atoms with Gasteiger partial charge in [0.1, 0.15) is 0 Å². The topological polar surface area (TPSA) is 67.4 Å². The SMILES string of the molecule is O=C1Nc2cc(C(=O)NC3CCCc4ccccc43)ccc2O/C1=C/c1ccccc1Cl. The number of carbonyl (C=O) groups excluding carboxylic acids is 2. The molecule has 0 saturated carbocycles. The first-order chi connectivity index (χ1) is 15.6. The van der Waals surface area contributed by atoms with Crippen LogP contribution in [0.25, 0.3) is 6.08 Å². The molecule has 3 aromatic carbocycles. The highest BCUT2D eigenvalue weighted by molar-refractivity contribution is 6.32. The van der Waals surface area contributed by atoms with Crippen LogP contribution < -0.4 is 15.4 Å². The van der Waals surface area contributed by atoms with Gasteiger partial charge in [-0.05, 0) is 66.3 Å². The van der Waals surface area contributed by atoms with Gasteiger partial charge in [-0.2, -0.15) is 0 Å². The van der Waals surface area contributed by atoms with E-state index in [9.17, 15) is 9.59 Å². The molecule has 5 nitrogen and oxygen atoms in total. The van der Waals surface area contributed by atoms with Crippen LogP contribution in [0.5, 0.6) is 5.75 Å². The second-order valence-corrected chi connectivity index (χ2v) is 8.32. The van der Waals surface area contributed by atoms with E-state index in [0.29, 0.717) is 27.6 Å². The maximum Gasteiger partial charge on any atom is 0.291 e. The normalized spacial score (nSPS) is 18.2. The van der Waals surface area contributed by atoms with E-state index in [-0.39, 0.29) is 17.7 Å². The van der Waals surface area contributed by atoms with E-state index in [1.165, 1.54) is 11.1 Å². The summed E-state index contributed by atoms with van der Waals surface area (Å²) in [5.41, 5.74) is 4.08. The number of anilines is 1. The van der Waals surface area contributed by atoms with Crippen LogP contribution in [0.2, 0.25) is 5.02 Å². The summed E-state index contributed by atoms with van der Waals surface area (Å²) in [5.74, 6) is 0.0430. The number of fused-ring (bicyclic) bond motifs is 2. The summed E-state index contributed by atoms with van der Waals surface area (Å²) < 4.78 is 5.79. The van der Waals surface area contributed by atoms with Crippen LogP contribution in [0.3, 0.4) is 0 Å². The Labute approximate surface area is 191 Å². The maximum atomic E-state index is 12.9. The lowest BCUT2D eigenvalue weighted by Gasteiger charge is -2.26. The van der Waals surface area contributed by atoms with E-state index in [4.69, 9.17) is 16.3 Å². The van der Waals surface area contributed by atoms with Gasteiger partial charge < -0.3 is 15.4 Å². The summed E-state index contributed by atoms with van der Waals surface area (Å²) >= 11 is 6.18. The Morgan fingerprint density at radius 3 is 2.78 bits per heavy atom. The highest BCUT2D eigenvalue weighted by Gasteiger charge is 2.25. The van der Waals surface area contributed by atoms with Crippen LogP contribution in [0.1, 0.15) is 45.9 Å². The smallest absolute Gasteiger partial charge is 0.291 e. The zero-order valence-electron chi connectivity index (χ0n) is 17.2. The maximum absolute atomic E-state index is 12.9. The van der Waals surface area contributed by atoms with Crippen molar-refractivity contribution in [1.29, 1.82) is 0 Å². The quantitative estimate of drug-likeness (QED) is 0.523. The molecule has 0 radical (unpaired) electrons. The van der Waals surface area contributed by atoms with Gasteiger partial charge in [-0.25, -0.2) is 0 Å². The van der Waals surface area contributed by atoms with E-state index in [2.05, 4.69) is 22.8 Å². The first-order valence-corrected chi connectivity index (χ1v) is 10.9. The van der Waals surface area contributed by atoms with Crippen LogP contribution >= 0.6 is 11.6 Å². The molecule has 0 fully saturated rings. The Morgan fingerprint density at radius 1 is 1.09 bits per heavy atom. The second-order valence-electron chi connectivity index (χ2n) is 7.91. The molecule has 1 heterocycles. The number of hydrogen-bond donors (Lipinski definition) is 2. The zero-order valence-corrected chi connectivity index (χ0v) is 18.0. The molecule has 1 aliphatic heterocycles. The highest BCUT2D eigenvalue weighted by atomic mass is 35.5. The van der Waals surface area contributed by atoms with Gasteiger partial charge in [0.25, 0.3) is 11.8 Å². The van der Waals surface area contributed by atoms with Crippen molar-refractivity contribution in [2.24, 2.45) is 0 Å². The summed E-state index contributed by atoms with van der Waals surface area (Å²) in [6.45, 7) is 0. The van der Waals surface area contributed by atoms with Crippen molar-refractivity contribution in [3.63, 3.8) is 0 Å². The summed E-state index contributed by atoms with van der Waals surface area (Å²) in [7, 11) is 0. The van der Waals surface area contributed by atoms with Crippen molar-refractivity contribution in [3.8, 4) is 5.75 Å². The summed E-state index contributed by atoms with van der Waals surface area (Å²) in [6.07, 6.45) is 4.58. The van der Waals surface area contributed by atoms with Gasteiger partial charge in [-0.3, -0.25) is 9.59 Å². The average Bonchev–Trinajstić information content (AvgIpc) is 2.81. The molecule has 32 heavy (non-hydrogen) atoms. The van der Waals surface area contributed by atoms with E-state index in [1.54, 1.807) is 36.4 Å². The van der Waals surface area contributed by atoms with Crippen molar-refractivity contribution >= 4 is 35.2 Å². The second kappa shape index (κ2) is 8.52.